The molecule has 3 aromatic heterocycles. The van der Waals surface area contributed by atoms with Gasteiger partial charge in [0.2, 0.25) is 0 Å². The number of anilines is 1. The van der Waals surface area contributed by atoms with Gasteiger partial charge in [0.1, 0.15) is 17.2 Å². The summed E-state index contributed by atoms with van der Waals surface area (Å²) in [7, 11) is 1.91. The average molecular weight is 581 g/mol. The molecule has 0 aliphatic heterocycles. The number of benzene rings is 1. The molecule has 2 aliphatic rings. The first-order valence-electron chi connectivity index (χ1n) is 15.4. The van der Waals surface area contributed by atoms with E-state index in [9.17, 15) is 9.59 Å². The molecule has 0 bridgehead atoms. The summed E-state index contributed by atoms with van der Waals surface area (Å²) >= 11 is 0. The molecule has 2 fully saturated rings. The van der Waals surface area contributed by atoms with Gasteiger partial charge in [-0.05, 0) is 80.6 Å². The predicted octanol–water partition coefficient (Wildman–Crippen LogP) is 6.05. The largest absolute Gasteiger partial charge is 0.491 e. The van der Waals surface area contributed by atoms with E-state index < -0.39 is 0 Å². The van der Waals surface area contributed by atoms with Gasteiger partial charge in [0.25, 0.3) is 11.8 Å². The van der Waals surface area contributed by atoms with Gasteiger partial charge < -0.3 is 25.3 Å². The van der Waals surface area contributed by atoms with Crippen molar-refractivity contribution in [3.8, 4) is 5.75 Å². The van der Waals surface area contributed by atoms with Gasteiger partial charge in [-0.25, -0.2) is 9.97 Å². The Hall–Kier alpha value is -4.40. The number of amides is 2. The van der Waals surface area contributed by atoms with Crippen LogP contribution in [0.3, 0.4) is 0 Å². The normalized spacial score (nSPS) is 18.4. The first-order chi connectivity index (χ1) is 20.9. The zero-order valence-corrected chi connectivity index (χ0v) is 25.1. The van der Waals surface area contributed by atoms with Crippen molar-refractivity contribution >= 4 is 28.7 Å². The molecule has 6 rings (SSSR count). The lowest BCUT2D eigenvalue weighted by Gasteiger charge is -2.31. The van der Waals surface area contributed by atoms with Gasteiger partial charge in [-0.3, -0.25) is 9.59 Å². The zero-order valence-electron chi connectivity index (χ0n) is 25.1. The summed E-state index contributed by atoms with van der Waals surface area (Å²) < 4.78 is 6.10. The van der Waals surface area contributed by atoms with Crippen molar-refractivity contribution in [2.45, 2.75) is 83.0 Å². The van der Waals surface area contributed by atoms with Crippen LogP contribution in [0.15, 0.2) is 61.1 Å². The molecular formula is C34H40N6O3. The van der Waals surface area contributed by atoms with Crippen LogP contribution in [0.5, 0.6) is 5.75 Å². The lowest BCUT2D eigenvalue weighted by Crippen LogP contribution is -2.38. The molecule has 9 nitrogen and oxygen atoms in total. The molecule has 224 valence electrons. The van der Waals surface area contributed by atoms with Crippen LogP contribution in [0.2, 0.25) is 0 Å². The molecule has 1 aromatic carbocycles. The lowest BCUT2D eigenvalue weighted by molar-refractivity contribution is 0.0696. The van der Waals surface area contributed by atoms with E-state index in [1.807, 2.05) is 62.3 Å². The zero-order chi connectivity index (χ0) is 29.9. The van der Waals surface area contributed by atoms with Gasteiger partial charge in [0.05, 0.1) is 17.2 Å². The predicted molar refractivity (Wildman–Crippen MR) is 167 cm³/mol. The molecule has 9 heteroatoms. The Morgan fingerprint density at radius 1 is 1.09 bits per heavy atom. The number of carbonyl (C=O) groups is 2. The molecular weight excluding hydrogens is 540 g/mol. The smallest absolute Gasteiger partial charge is 0.257 e. The molecule has 3 N–H and O–H groups in total. The van der Waals surface area contributed by atoms with Crippen molar-refractivity contribution in [3.63, 3.8) is 0 Å². The third kappa shape index (κ3) is 6.66. The second kappa shape index (κ2) is 12.5. The van der Waals surface area contributed by atoms with Crippen LogP contribution in [0.1, 0.15) is 90.1 Å². The van der Waals surface area contributed by atoms with E-state index in [0.717, 1.165) is 47.2 Å². The fourth-order valence-electron chi connectivity index (χ4n) is 6.11. The third-order valence-electron chi connectivity index (χ3n) is 8.50. The van der Waals surface area contributed by atoms with Crippen molar-refractivity contribution in [1.29, 1.82) is 0 Å². The fraction of sp³-hybridized carbons (Fsp3) is 0.412. The van der Waals surface area contributed by atoms with Crippen molar-refractivity contribution in [3.05, 3.63) is 83.3 Å². The molecule has 3 heterocycles. The highest BCUT2D eigenvalue weighted by Crippen LogP contribution is 2.42. The average Bonchev–Trinajstić information content (AvgIpc) is 3.62. The molecule has 2 saturated carbocycles. The van der Waals surface area contributed by atoms with Gasteiger partial charge in [0, 0.05) is 55.6 Å². The number of ether oxygens (including phenoxy) is 1. The number of hydrogen-bond donors (Lipinski definition) is 3. The molecule has 43 heavy (non-hydrogen) atoms. The van der Waals surface area contributed by atoms with Gasteiger partial charge >= 0.3 is 0 Å². The maximum absolute atomic E-state index is 13.5. The van der Waals surface area contributed by atoms with Crippen LogP contribution in [-0.4, -0.2) is 56.9 Å². The fourth-order valence-corrected chi connectivity index (χ4v) is 6.11. The summed E-state index contributed by atoms with van der Waals surface area (Å²) in [4.78, 5) is 40.3. The summed E-state index contributed by atoms with van der Waals surface area (Å²) in [5, 5.41) is 7.50. The Labute approximate surface area is 252 Å². The highest BCUT2D eigenvalue weighted by molar-refractivity contribution is 5.99. The second-order valence-corrected chi connectivity index (χ2v) is 12.1. The summed E-state index contributed by atoms with van der Waals surface area (Å²) in [6, 6.07) is 14.0. The highest BCUT2D eigenvalue weighted by atomic mass is 16.5. The molecule has 0 saturated heterocycles. The number of nitrogens with zero attached hydrogens (tertiary/aromatic N) is 3. The molecule has 2 atom stereocenters. The number of rotatable bonds is 10. The van der Waals surface area contributed by atoms with Crippen molar-refractivity contribution < 1.29 is 14.3 Å². The van der Waals surface area contributed by atoms with Gasteiger partial charge in [-0.2, -0.15) is 0 Å². The number of fused-ring (bicyclic) bond motifs is 1. The highest BCUT2D eigenvalue weighted by Gasteiger charge is 2.40. The Morgan fingerprint density at radius 3 is 2.74 bits per heavy atom. The van der Waals surface area contributed by atoms with Crippen LogP contribution in [0.4, 0.5) is 5.82 Å². The van der Waals surface area contributed by atoms with Crippen molar-refractivity contribution in [2.24, 2.45) is 0 Å². The van der Waals surface area contributed by atoms with Crippen molar-refractivity contribution in [1.82, 2.24) is 25.2 Å². The topological polar surface area (TPSA) is 112 Å². The van der Waals surface area contributed by atoms with Crippen LogP contribution in [0.25, 0.3) is 11.0 Å². The van der Waals surface area contributed by atoms with Crippen LogP contribution >= 0.6 is 0 Å². The van der Waals surface area contributed by atoms with Crippen molar-refractivity contribution in [2.75, 3.05) is 12.4 Å². The Morgan fingerprint density at radius 2 is 1.93 bits per heavy atom. The number of carbonyl (C=O) groups excluding carboxylic acids is 2. The van der Waals surface area contributed by atoms with E-state index in [1.54, 1.807) is 12.4 Å². The van der Waals surface area contributed by atoms with Gasteiger partial charge in [0.15, 0.2) is 0 Å². The van der Waals surface area contributed by atoms with Crippen LogP contribution in [-0.2, 0) is 6.54 Å². The molecule has 4 aromatic rings. The summed E-state index contributed by atoms with van der Waals surface area (Å²) in [6.45, 7) is 4.50. The van der Waals surface area contributed by atoms with Crippen LogP contribution < -0.4 is 15.4 Å². The minimum Gasteiger partial charge on any atom is -0.491 e. The summed E-state index contributed by atoms with van der Waals surface area (Å²) in [5.74, 6) is 1.44. The monoisotopic (exact) mass is 580 g/mol. The van der Waals surface area contributed by atoms with E-state index in [4.69, 9.17) is 4.74 Å². The van der Waals surface area contributed by atoms with E-state index in [0.29, 0.717) is 23.5 Å². The van der Waals surface area contributed by atoms with E-state index >= 15 is 0 Å². The first-order valence-corrected chi connectivity index (χ1v) is 15.4. The Bertz CT molecular complexity index is 1610. The van der Waals surface area contributed by atoms with E-state index in [1.165, 1.54) is 19.3 Å². The number of aromatic nitrogens is 3. The second-order valence-electron chi connectivity index (χ2n) is 12.1. The number of pyridine rings is 2. The number of H-pyrrole nitrogens is 1. The van der Waals surface area contributed by atoms with E-state index in [-0.39, 0.29) is 35.9 Å². The van der Waals surface area contributed by atoms with Gasteiger partial charge in [-0.1, -0.05) is 25.3 Å². The minimum atomic E-state index is -0.120. The third-order valence-corrected chi connectivity index (χ3v) is 8.50. The summed E-state index contributed by atoms with van der Waals surface area (Å²) in [6.07, 6.45) is 11.7. The molecule has 2 aliphatic carbocycles. The molecule has 2 unspecified atom stereocenters. The maximum Gasteiger partial charge on any atom is 0.257 e. The Balaban J connectivity index is 1.15. The molecule has 0 spiro atoms. The quantitative estimate of drug-likeness (QED) is 0.211. The van der Waals surface area contributed by atoms with E-state index in [2.05, 4.69) is 37.7 Å². The SMILES string of the molecule is CC(C)Oc1cc(CNc2ncccc2C(=O)N(C)C2CCCCC2)cc(C2CC2NC(=O)c2cnc3[nH]ccc3c2)c1. The molecule has 2 amide bonds. The Kier molecular flexibility index (Phi) is 8.31. The first kappa shape index (κ1) is 28.7. The number of nitrogens with one attached hydrogen (secondary N) is 3. The minimum absolute atomic E-state index is 0.00232. The molecule has 0 radical (unpaired) electrons. The van der Waals surface area contributed by atoms with Crippen LogP contribution in [0, 0.1) is 0 Å². The maximum atomic E-state index is 13.5. The standard InChI is InChI=1S/C34H40N6O3/c1-21(2)43-27-15-22(19-37-32-28(10-7-12-35-32)34(42)40(3)26-8-5-4-6-9-26)14-24(17-27)29-18-30(29)39-33(41)25-16-23-11-13-36-31(23)38-20-25/h7,10-17,20-21,26,29-30H,4-6,8-9,18-19H2,1-3H3,(H,35,37)(H,36,38)(H,39,41). The lowest BCUT2D eigenvalue weighted by atomic mass is 9.94. The number of hydrogen-bond acceptors (Lipinski definition) is 6. The number of aromatic amines is 1. The summed E-state index contributed by atoms with van der Waals surface area (Å²) in [5.41, 5.74) is 4.05. The van der Waals surface area contributed by atoms with Gasteiger partial charge in [-0.15, -0.1) is 0 Å².